The fourth-order valence-electron chi connectivity index (χ4n) is 4.33. The third kappa shape index (κ3) is 2.49. The van der Waals surface area contributed by atoms with Crippen LogP contribution in [0.1, 0.15) is 34.6 Å². The highest BCUT2D eigenvalue weighted by Gasteiger charge is 2.32. The Morgan fingerprint density at radius 2 is 1.88 bits per heavy atom. The smallest absolute Gasteiger partial charge is 0.254 e. The molecule has 6 heteroatoms. The van der Waals surface area contributed by atoms with E-state index < -0.39 is 0 Å². The summed E-state index contributed by atoms with van der Waals surface area (Å²) in [7, 11) is 1.89. The number of aromatic nitrogens is 3. The molecule has 4 rings (SSSR count). The summed E-state index contributed by atoms with van der Waals surface area (Å²) in [4.78, 5) is 19.9. The maximum absolute atomic E-state index is 13.2. The van der Waals surface area contributed by atoms with Crippen molar-refractivity contribution in [1.29, 1.82) is 0 Å². The molecule has 24 heavy (non-hydrogen) atoms. The number of rotatable bonds is 1. The molecule has 128 valence electrons. The third-order valence-corrected chi connectivity index (χ3v) is 5.63. The Morgan fingerprint density at radius 3 is 2.54 bits per heavy atom. The van der Waals surface area contributed by atoms with Gasteiger partial charge in [-0.3, -0.25) is 9.48 Å². The Bertz CT molecular complexity index is 782. The predicted molar refractivity (Wildman–Crippen MR) is 93.0 cm³/mol. The van der Waals surface area contributed by atoms with Crippen LogP contribution in [0.4, 0.5) is 0 Å². The van der Waals surface area contributed by atoms with Gasteiger partial charge < -0.3 is 10.2 Å². The molecule has 2 fully saturated rings. The first-order valence-electron chi connectivity index (χ1n) is 8.85. The normalized spacial score (nSPS) is 24.2. The quantitative estimate of drug-likeness (QED) is 0.865. The Balaban J connectivity index is 1.68. The van der Waals surface area contributed by atoms with E-state index in [2.05, 4.69) is 15.4 Å². The number of fused-ring (bicyclic) bond motifs is 2. The van der Waals surface area contributed by atoms with Gasteiger partial charge >= 0.3 is 0 Å². The highest BCUT2D eigenvalue weighted by molar-refractivity contribution is 6.06. The van der Waals surface area contributed by atoms with Gasteiger partial charge in [-0.1, -0.05) is 0 Å². The number of pyridine rings is 1. The molecule has 1 N–H and O–H groups in total. The van der Waals surface area contributed by atoms with Crippen LogP contribution in [-0.4, -0.2) is 51.8 Å². The fraction of sp³-hybridized carbons (Fsp3) is 0.611. The summed E-state index contributed by atoms with van der Waals surface area (Å²) in [5.41, 5.74) is 3.30. The molecule has 0 saturated carbocycles. The predicted octanol–water partition coefficient (Wildman–Crippen LogP) is 1.66. The standard InChI is InChI=1S/C18H25N5O/c1-11-8-15(16-12(2)21-22(3)17(16)20-11)18(24)23-6-4-13-9-19-10-14(13)5-7-23/h8,13-14,19H,4-7,9-10H2,1-3H3/t13-,14+. The van der Waals surface area contributed by atoms with Gasteiger partial charge in [0.05, 0.1) is 16.6 Å². The van der Waals surface area contributed by atoms with Gasteiger partial charge in [-0.05, 0) is 57.7 Å². The van der Waals surface area contributed by atoms with Crippen molar-refractivity contribution < 1.29 is 4.79 Å². The zero-order chi connectivity index (χ0) is 16.8. The van der Waals surface area contributed by atoms with Crippen LogP contribution in [0.5, 0.6) is 0 Å². The largest absolute Gasteiger partial charge is 0.339 e. The van der Waals surface area contributed by atoms with E-state index in [9.17, 15) is 4.79 Å². The van der Waals surface area contributed by atoms with Crippen LogP contribution in [0.3, 0.4) is 0 Å². The summed E-state index contributed by atoms with van der Waals surface area (Å²) in [5.74, 6) is 1.58. The van der Waals surface area contributed by atoms with Crippen LogP contribution in [0.15, 0.2) is 6.07 Å². The lowest BCUT2D eigenvalue weighted by molar-refractivity contribution is 0.0760. The van der Waals surface area contributed by atoms with E-state index in [4.69, 9.17) is 0 Å². The van der Waals surface area contributed by atoms with Crippen LogP contribution < -0.4 is 5.32 Å². The molecule has 2 aliphatic rings. The van der Waals surface area contributed by atoms with Gasteiger partial charge in [0.15, 0.2) is 5.65 Å². The van der Waals surface area contributed by atoms with E-state index in [1.165, 1.54) is 0 Å². The van der Waals surface area contributed by atoms with Crippen LogP contribution in [-0.2, 0) is 7.05 Å². The summed E-state index contributed by atoms with van der Waals surface area (Å²) in [6.07, 6.45) is 2.20. The molecule has 4 heterocycles. The number of hydrogen-bond acceptors (Lipinski definition) is 4. The van der Waals surface area contributed by atoms with E-state index in [0.29, 0.717) is 0 Å². The van der Waals surface area contributed by atoms with E-state index >= 15 is 0 Å². The average molecular weight is 327 g/mol. The molecular weight excluding hydrogens is 302 g/mol. The van der Waals surface area contributed by atoms with Crippen LogP contribution >= 0.6 is 0 Å². The number of likely N-dealkylation sites (tertiary alicyclic amines) is 1. The first-order chi connectivity index (χ1) is 11.5. The molecule has 6 nitrogen and oxygen atoms in total. The van der Waals surface area contributed by atoms with Gasteiger partial charge in [0.25, 0.3) is 5.91 Å². The molecule has 0 aliphatic carbocycles. The summed E-state index contributed by atoms with van der Waals surface area (Å²) in [6, 6.07) is 1.92. The van der Waals surface area contributed by atoms with Gasteiger partial charge in [0.1, 0.15) is 0 Å². The number of hydrogen-bond donors (Lipinski definition) is 1. The Morgan fingerprint density at radius 1 is 1.21 bits per heavy atom. The number of nitrogens with one attached hydrogen (secondary N) is 1. The van der Waals surface area contributed by atoms with Crippen molar-refractivity contribution in [2.24, 2.45) is 18.9 Å². The molecule has 2 saturated heterocycles. The van der Waals surface area contributed by atoms with E-state index in [1.807, 2.05) is 31.9 Å². The maximum Gasteiger partial charge on any atom is 0.254 e. The molecule has 0 spiro atoms. The minimum Gasteiger partial charge on any atom is -0.339 e. The molecule has 2 atom stereocenters. The summed E-state index contributed by atoms with van der Waals surface area (Å²) >= 11 is 0. The zero-order valence-electron chi connectivity index (χ0n) is 14.7. The Hall–Kier alpha value is -1.95. The topological polar surface area (TPSA) is 63.1 Å². The Labute approximate surface area is 142 Å². The summed E-state index contributed by atoms with van der Waals surface area (Å²) < 4.78 is 1.77. The zero-order valence-corrected chi connectivity index (χ0v) is 14.7. The van der Waals surface area contributed by atoms with Crippen molar-refractivity contribution in [2.45, 2.75) is 26.7 Å². The van der Waals surface area contributed by atoms with Gasteiger partial charge in [0.2, 0.25) is 0 Å². The van der Waals surface area contributed by atoms with Crippen molar-refractivity contribution in [2.75, 3.05) is 26.2 Å². The molecule has 0 aromatic carbocycles. The molecule has 1 amide bonds. The number of carbonyl (C=O) groups is 1. The summed E-state index contributed by atoms with van der Waals surface area (Å²) in [5, 5.41) is 8.85. The molecule has 0 unspecified atom stereocenters. The monoisotopic (exact) mass is 327 g/mol. The molecule has 2 aromatic heterocycles. The average Bonchev–Trinajstić information content (AvgIpc) is 3.05. The maximum atomic E-state index is 13.2. The SMILES string of the molecule is Cc1cc(C(=O)N2CC[C@@H]3CNC[C@@H]3CC2)c2c(C)nn(C)c2n1. The molecule has 0 bridgehead atoms. The van der Waals surface area contributed by atoms with E-state index in [-0.39, 0.29) is 5.91 Å². The minimum absolute atomic E-state index is 0.134. The Kier molecular flexibility index (Phi) is 3.79. The van der Waals surface area contributed by atoms with Crippen molar-refractivity contribution in [3.8, 4) is 0 Å². The first kappa shape index (κ1) is 15.6. The van der Waals surface area contributed by atoms with Crippen molar-refractivity contribution in [3.05, 3.63) is 23.0 Å². The highest BCUT2D eigenvalue weighted by atomic mass is 16.2. The van der Waals surface area contributed by atoms with Crippen molar-refractivity contribution in [3.63, 3.8) is 0 Å². The third-order valence-electron chi connectivity index (χ3n) is 5.63. The number of carbonyl (C=O) groups excluding carboxylic acids is 1. The lowest BCUT2D eigenvalue weighted by atomic mass is 9.92. The van der Waals surface area contributed by atoms with E-state index in [0.717, 1.165) is 78.8 Å². The van der Waals surface area contributed by atoms with Crippen molar-refractivity contribution in [1.82, 2.24) is 25.0 Å². The molecular formula is C18H25N5O. The van der Waals surface area contributed by atoms with Crippen LogP contribution in [0.25, 0.3) is 11.0 Å². The van der Waals surface area contributed by atoms with Gasteiger partial charge in [-0.25, -0.2) is 4.98 Å². The molecule has 2 aromatic rings. The van der Waals surface area contributed by atoms with Gasteiger partial charge in [-0.15, -0.1) is 0 Å². The van der Waals surface area contributed by atoms with Crippen LogP contribution in [0.2, 0.25) is 0 Å². The number of amides is 1. The second-order valence-electron chi connectivity index (χ2n) is 7.27. The molecule has 2 aliphatic heterocycles. The number of aryl methyl sites for hydroxylation is 3. The second-order valence-corrected chi connectivity index (χ2v) is 7.27. The highest BCUT2D eigenvalue weighted by Crippen LogP contribution is 2.29. The summed E-state index contributed by atoms with van der Waals surface area (Å²) in [6.45, 7) is 7.80. The first-order valence-corrected chi connectivity index (χ1v) is 8.85. The number of nitrogens with zero attached hydrogens (tertiary/aromatic N) is 4. The van der Waals surface area contributed by atoms with Crippen LogP contribution in [0, 0.1) is 25.7 Å². The van der Waals surface area contributed by atoms with Crippen molar-refractivity contribution >= 4 is 16.9 Å². The lowest BCUT2D eigenvalue weighted by Crippen LogP contribution is -2.33. The van der Waals surface area contributed by atoms with Gasteiger partial charge in [0, 0.05) is 25.8 Å². The lowest BCUT2D eigenvalue weighted by Gasteiger charge is -2.21. The van der Waals surface area contributed by atoms with Gasteiger partial charge in [-0.2, -0.15) is 5.10 Å². The minimum atomic E-state index is 0.134. The second kappa shape index (κ2) is 5.84. The molecule has 0 radical (unpaired) electrons. The van der Waals surface area contributed by atoms with E-state index in [1.54, 1.807) is 4.68 Å². The fourth-order valence-corrected chi connectivity index (χ4v) is 4.33.